The number of para-hydroxylation sites is 1. The van der Waals surface area contributed by atoms with Crippen LogP contribution < -0.4 is 5.32 Å². The molecule has 1 aromatic heterocycles. The van der Waals surface area contributed by atoms with E-state index >= 15 is 0 Å². The molecule has 1 N–H and O–H groups in total. The van der Waals surface area contributed by atoms with Gasteiger partial charge in [-0.3, -0.25) is 4.79 Å². The van der Waals surface area contributed by atoms with Crippen molar-refractivity contribution in [1.29, 1.82) is 0 Å². The fourth-order valence-electron chi connectivity index (χ4n) is 2.28. The minimum atomic E-state index is -0.0924. The zero-order valence-electron chi connectivity index (χ0n) is 11.9. The van der Waals surface area contributed by atoms with Crippen molar-refractivity contribution in [2.24, 2.45) is 0 Å². The first kappa shape index (κ1) is 14.6. The Bertz CT molecular complexity index is 634. The number of nitrogens with one attached hydrogen (secondary N) is 1. The van der Waals surface area contributed by atoms with Gasteiger partial charge in [-0.25, -0.2) is 4.68 Å². The first-order valence-corrected chi connectivity index (χ1v) is 6.99. The average molecular weight is 292 g/mol. The zero-order chi connectivity index (χ0) is 14.7. The van der Waals surface area contributed by atoms with E-state index in [-0.39, 0.29) is 12.5 Å². The van der Waals surface area contributed by atoms with Gasteiger partial charge >= 0.3 is 0 Å². The highest BCUT2D eigenvalue weighted by Gasteiger charge is 2.15. The fraction of sp³-hybridized carbons (Fsp3) is 0.333. The molecular weight excluding hydrogens is 274 g/mol. The van der Waals surface area contributed by atoms with E-state index in [9.17, 15) is 4.79 Å². The quantitative estimate of drug-likeness (QED) is 0.938. The van der Waals surface area contributed by atoms with Crippen molar-refractivity contribution in [1.82, 2.24) is 9.78 Å². The molecule has 2 aromatic rings. The number of aromatic nitrogens is 2. The van der Waals surface area contributed by atoms with Gasteiger partial charge in [-0.1, -0.05) is 30.7 Å². The number of halogens is 1. The summed E-state index contributed by atoms with van der Waals surface area (Å²) in [5, 5.41) is 7.95. The number of hydrogen-bond acceptors (Lipinski definition) is 3. The van der Waals surface area contributed by atoms with Gasteiger partial charge in [0, 0.05) is 5.69 Å². The van der Waals surface area contributed by atoms with E-state index in [4.69, 9.17) is 11.6 Å². The number of hydrogen-bond donors (Lipinski definition) is 1. The van der Waals surface area contributed by atoms with E-state index < -0.39 is 0 Å². The second kappa shape index (κ2) is 6.09. The van der Waals surface area contributed by atoms with Crippen LogP contribution in [0.25, 0.3) is 0 Å². The molecule has 0 unspecified atom stereocenters. The second-order valence-electron chi connectivity index (χ2n) is 4.64. The average Bonchev–Trinajstić information content (AvgIpc) is 2.72. The van der Waals surface area contributed by atoms with Gasteiger partial charge in [0.2, 0.25) is 0 Å². The van der Waals surface area contributed by atoms with Crippen LogP contribution in [-0.2, 0) is 6.42 Å². The Kier molecular flexibility index (Phi) is 4.45. The van der Waals surface area contributed by atoms with Crippen LogP contribution in [-0.4, -0.2) is 22.2 Å². The number of carbonyl (C=O) groups is 1. The van der Waals surface area contributed by atoms with E-state index in [1.807, 2.05) is 32.0 Å². The number of benzene rings is 1. The fourth-order valence-corrected chi connectivity index (χ4v) is 2.48. The van der Waals surface area contributed by atoms with Crippen LogP contribution in [0.3, 0.4) is 0 Å². The standard InChI is InChI=1S/C15H18ClN3O/c1-4-12-10(2)18-19(11(12)3)15(20)9-17-14-8-6-5-7-13(14)16/h5-8,17H,4,9H2,1-3H3. The molecule has 1 heterocycles. The summed E-state index contributed by atoms with van der Waals surface area (Å²) in [5.41, 5.74) is 3.71. The van der Waals surface area contributed by atoms with Crippen molar-refractivity contribution in [2.75, 3.05) is 11.9 Å². The Morgan fingerprint density at radius 3 is 2.65 bits per heavy atom. The van der Waals surface area contributed by atoms with Crippen molar-refractivity contribution >= 4 is 23.2 Å². The summed E-state index contributed by atoms with van der Waals surface area (Å²) in [6, 6.07) is 7.35. The number of rotatable bonds is 4. The molecule has 0 fully saturated rings. The second-order valence-corrected chi connectivity index (χ2v) is 5.05. The van der Waals surface area contributed by atoms with E-state index in [1.54, 1.807) is 6.07 Å². The molecule has 0 saturated carbocycles. The van der Waals surface area contributed by atoms with E-state index in [1.165, 1.54) is 4.68 Å². The monoisotopic (exact) mass is 291 g/mol. The smallest absolute Gasteiger partial charge is 0.266 e. The maximum absolute atomic E-state index is 12.2. The molecule has 0 spiro atoms. The molecule has 2 rings (SSSR count). The normalized spacial score (nSPS) is 10.6. The third kappa shape index (κ3) is 2.85. The first-order chi connectivity index (χ1) is 9.54. The lowest BCUT2D eigenvalue weighted by atomic mass is 10.1. The minimum Gasteiger partial charge on any atom is -0.375 e. The first-order valence-electron chi connectivity index (χ1n) is 6.61. The predicted molar refractivity (Wildman–Crippen MR) is 81.6 cm³/mol. The lowest BCUT2D eigenvalue weighted by Crippen LogP contribution is -2.23. The molecule has 106 valence electrons. The van der Waals surface area contributed by atoms with Gasteiger partial charge in [0.25, 0.3) is 5.91 Å². The highest BCUT2D eigenvalue weighted by Crippen LogP contribution is 2.20. The third-order valence-corrected chi connectivity index (χ3v) is 3.66. The molecule has 0 bridgehead atoms. The van der Waals surface area contributed by atoms with E-state index in [2.05, 4.69) is 17.3 Å². The van der Waals surface area contributed by atoms with Crippen LogP contribution in [0.4, 0.5) is 5.69 Å². The molecule has 0 saturated heterocycles. The molecule has 0 radical (unpaired) electrons. The molecular formula is C15H18ClN3O. The minimum absolute atomic E-state index is 0.0924. The topological polar surface area (TPSA) is 46.9 Å². The van der Waals surface area contributed by atoms with Gasteiger partial charge in [0.05, 0.1) is 22.9 Å². The molecule has 4 nitrogen and oxygen atoms in total. The Morgan fingerprint density at radius 2 is 2.05 bits per heavy atom. The Hall–Kier alpha value is -1.81. The van der Waals surface area contributed by atoms with Gasteiger partial charge in [-0.05, 0) is 38.0 Å². The van der Waals surface area contributed by atoms with Crippen LogP contribution in [0, 0.1) is 13.8 Å². The van der Waals surface area contributed by atoms with Crippen molar-refractivity contribution in [3.63, 3.8) is 0 Å². The van der Waals surface area contributed by atoms with Crippen LogP contribution in [0.2, 0.25) is 5.02 Å². The summed E-state index contributed by atoms with van der Waals surface area (Å²) in [7, 11) is 0. The Labute approximate surface area is 123 Å². The number of aryl methyl sites for hydroxylation is 1. The molecule has 20 heavy (non-hydrogen) atoms. The van der Waals surface area contributed by atoms with Crippen LogP contribution in [0.15, 0.2) is 24.3 Å². The van der Waals surface area contributed by atoms with Crippen LogP contribution in [0.1, 0.15) is 28.7 Å². The SMILES string of the molecule is CCc1c(C)nn(C(=O)CNc2ccccc2Cl)c1C. The van der Waals surface area contributed by atoms with E-state index in [0.717, 1.165) is 29.1 Å². The summed E-state index contributed by atoms with van der Waals surface area (Å²) >= 11 is 6.04. The summed E-state index contributed by atoms with van der Waals surface area (Å²) in [6.07, 6.45) is 0.878. The number of carbonyl (C=O) groups excluding carboxylic acids is 1. The van der Waals surface area contributed by atoms with Gasteiger partial charge in [0.1, 0.15) is 0 Å². The highest BCUT2D eigenvalue weighted by atomic mass is 35.5. The Balaban J connectivity index is 2.12. The lowest BCUT2D eigenvalue weighted by Gasteiger charge is -2.08. The molecule has 5 heteroatoms. The summed E-state index contributed by atoms with van der Waals surface area (Å²) in [5.74, 6) is -0.0924. The highest BCUT2D eigenvalue weighted by molar-refractivity contribution is 6.33. The summed E-state index contributed by atoms with van der Waals surface area (Å²) < 4.78 is 1.47. The number of nitrogens with zero attached hydrogens (tertiary/aromatic N) is 2. The number of anilines is 1. The van der Waals surface area contributed by atoms with Crippen molar-refractivity contribution in [3.8, 4) is 0 Å². The maximum atomic E-state index is 12.2. The van der Waals surface area contributed by atoms with Gasteiger partial charge in [-0.15, -0.1) is 0 Å². The Morgan fingerprint density at radius 1 is 1.35 bits per heavy atom. The molecule has 0 aliphatic rings. The van der Waals surface area contributed by atoms with Gasteiger partial charge < -0.3 is 5.32 Å². The summed E-state index contributed by atoms with van der Waals surface area (Å²) in [6.45, 7) is 6.08. The van der Waals surface area contributed by atoms with E-state index in [0.29, 0.717) is 5.02 Å². The van der Waals surface area contributed by atoms with Crippen LogP contribution in [0.5, 0.6) is 0 Å². The lowest BCUT2D eigenvalue weighted by molar-refractivity contribution is 0.0910. The zero-order valence-corrected chi connectivity index (χ0v) is 12.7. The molecule has 1 aromatic carbocycles. The van der Waals surface area contributed by atoms with Gasteiger partial charge in [0.15, 0.2) is 0 Å². The molecule has 0 aliphatic heterocycles. The van der Waals surface area contributed by atoms with Crippen molar-refractivity contribution < 1.29 is 4.79 Å². The van der Waals surface area contributed by atoms with Crippen molar-refractivity contribution in [2.45, 2.75) is 27.2 Å². The van der Waals surface area contributed by atoms with Crippen molar-refractivity contribution in [3.05, 3.63) is 46.2 Å². The molecule has 0 atom stereocenters. The molecule has 0 amide bonds. The largest absolute Gasteiger partial charge is 0.375 e. The maximum Gasteiger partial charge on any atom is 0.266 e. The van der Waals surface area contributed by atoms with Crippen LogP contribution >= 0.6 is 11.6 Å². The molecule has 0 aliphatic carbocycles. The van der Waals surface area contributed by atoms with Gasteiger partial charge in [-0.2, -0.15) is 5.10 Å². The predicted octanol–water partition coefficient (Wildman–Crippen LogP) is 3.47. The third-order valence-electron chi connectivity index (χ3n) is 3.33. The summed E-state index contributed by atoms with van der Waals surface area (Å²) in [4.78, 5) is 12.2.